The minimum absolute atomic E-state index is 0.0314. The smallest absolute Gasteiger partial charge is 0.315 e. The number of carbonyl (C=O) groups excluding carboxylic acids is 2. The fourth-order valence-corrected chi connectivity index (χ4v) is 6.66. The molecule has 0 spiro atoms. The van der Waals surface area contributed by atoms with Crippen LogP contribution in [0.3, 0.4) is 0 Å². The van der Waals surface area contributed by atoms with Crippen molar-refractivity contribution in [3.63, 3.8) is 0 Å². The average Bonchev–Trinajstić information content (AvgIpc) is 2.60. The highest BCUT2D eigenvalue weighted by Gasteiger charge is 2.51. The molecule has 6 heteroatoms. The van der Waals surface area contributed by atoms with Gasteiger partial charge in [0.15, 0.2) is 0 Å². The number of urea groups is 1. The van der Waals surface area contributed by atoms with Crippen LogP contribution in [-0.2, 0) is 4.79 Å². The molecule has 4 aliphatic carbocycles. The normalized spacial score (nSPS) is 36.5. The van der Waals surface area contributed by atoms with E-state index < -0.39 is 0 Å². The average molecular weight is 377 g/mol. The second-order valence-corrected chi connectivity index (χ2v) is 9.91. The molecule has 5 fully saturated rings. The number of rotatable bonds is 5. The van der Waals surface area contributed by atoms with Gasteiger partial charge in [-0.2, -0.15) is 0 Å². The van der Waals surface area contributed by atoms with E-state index in [-0.39, 0.29) is 23.5 Å². The van der Waals surface area contributed by atoms with Crippen LogP contribution in [0.4, 0.5) is 4.79 Å². The van der Waals surface area contributed by atoms with Crippen LogP contribution in [0.5, 0.6) is 0 Å². The Balaban J connectivity index is 1.18. The van der Waals surface area contributed by atoms with Crippen LogP contribution in [0.25, 0.3) is 0 Å². The second-order valence-electron chi connectivity index (χ2n) is 9.91. The Morgan fingerprint density at radius 1 is 1.07 bits per heavy atom. The number of hydrogen-bond acceptors (Lipinski definition) is 3. The number of nitrogens with two attached hydrogens (primary N) is 1. The minimum Gasteiger partial charge on any atom is -0.343 e. The van der Waals surface area contributed by atoms with Gasteiger partial charge in [0.25, 0.3) is 0 Å². The van der Waals surface area contributed by atoms with E-state index in [1.165, 1.54) is 19.3 Å². The van der Waals surface area contributed by atoms with E-state index in [0.29, 0.717) is 18.9 Å². The Morgan fingerprint density at radius 3 is 2.15 bits per heavy atom. The maximum atomic E-state index is 12.4. The maximum absolute atomic E-state index is 12.4. The molecule has 27 heavy (non-hydrogen) atoms. The zero-order chi connectivity index (χ0) is 19.0. The number of piperidine rings is 1. The topological polar surface area (TPSA) is 87.5 Å². The Kier molecular flexibility index (Phi) is 5.36. The molecule has 3 amide bonds. The van der Waals surface area contributed by atoms with Crippen LogP contribution in [0.1, 0.15) is 64.7 Å². The number of nitrogens with one attached hydrogen (secondary N) is 2. The van der Waals surface area contributed by atoms with Gasteiger partial charge in [-0.05, 0) is 82.0 Å². The van der Waals surface area contributed by atoms with Crippen molar-refractivity contribution in [2.45, 2.75) is 76.3 Å². The fourth-order valence-electron chi connectivity index (χ4n) is 6.66. The third-order valence-corrected chi connectivity index (χ3v) is 7.68. The molecule has 4 saturated carbocycles. The molecule has 4 N–H and O–H groups in total. The molecular formula is C21H36N4O2. The van der Waals surface area contributed by atoms with Crippen LogP contribution in [0, 0.1) is 23.7 Å². The predicted molar refractivity (Wildman–Crippen MR) is 105 cm³/mol. The third-order valence-electron chi connectivity index (χ3n) is 7.68. The van der Waals surface area contributed by atoms with Gasteiger partial charge in [0.05, 0.1) is 0 Å². The number of likely N-dealkylation sites (tertiary alicyclic amines) is 1. The van der Waals surface area contributed by atoms with E-state index in [9.17, 15) is 9.59 Å². The third kappa shape index (κ3) is 4.25. The van der Waals surface area contributed by atoms with Gasteiger partial charge in [-0.1, -0.05) is 0 Å². The Hall–Kier alpha value is -1.30. The summed E-state index contributed by atoms with van der Waals surface area (Å²) in [6.45, 7) is 4.06. The van der Waals surface area contributed by atoms with Crippen molar-refractivity contribution in [2.75, 3.05) is 19.6 Å². The summed E-state index contributed by atoms with van der Waals surface area (Å²) < 4.78 is 0. The highest BCUT2D eigenvalue weighted by molar-refractivity contribution is 5.78. The zero-order valence-electron chi connectivity index (χ0n) is 16.7. The highest BCUT2D eigenvalue weighted by atomic mass is 16.2. The number of carbonyl (C=O) groups is 2. The molecule has 0 aromatic heterocycles. The molecule has 152 valence electrons. The summed E-state index contributed by atoms with van der Waals surface area (Å²) in [5.74, 6) is 3.12. The van der Waals surface area contributed by atoms with Gasteiger partial charge in [0.1, 0.15) is 0 Å². The molecule has 0 aromatic carbocycles. The van der Waals surface area contributed by atoms with Crippen LogP contribution in [0.2, 0.25) is 0 Å². The predicted octanol–water partition coefficient (Wildman–Crippen LogP) is 2.23. The first kappa shape index (κ1) is 19.0. The summed E-state index contributed by atoms with van der Waals surface area (Å²) in [6.07, 6.45) is 9.94. The van der Waals surface area contributed by atoms with Crippen molar-refractivity contribution >= 4 is 11.9 Å². The van der Waals surface area contributed by atoms with Crippen molar-refractivity contribution in [3.8, 4) is 0 Å². The van der Waals surface area contributed by atoms with Gasteiger partial charge in [-0.15, -0.1) is 0 Å². The molecule has 1 unspecified atom stereocenters. The fraction of sp³-hybridized carbons (Fsp3) is 0.905. The van der Waals surface area contributed by atoms with Crippen LogP contribution >= 0.6 is 0 Å². The Bertz CT molecular complexity index is 533. The van der Waals surface area contributed by atoms with Gasteiger partial charge in [0.2, 0.25) is 5.91 Å². The lowest BCUT2D eigenvalue weighted by Crippen LogP contribution is -2.61. The molecule has 1 atom stereocenters. The minimum atomic E-state index is -0.0829. The molecule has 5 aliphatic rings. The number of nitrogens with zero attached hydrogens (tertiary/aromatic N) is 1. The van der Waals surface area contributed by atoms with Crippen molar-refractivity contribution < 1.29 is 9.59 Å². The van der Waals surface area contributed by atoms with Crippen LogP contribution in [0.15, 0.2) is 0 Å². The molecule has 0 aromatic rings. The first-order valence-electron chi connectivity index (χ1n) is 11.0. The van der Waals surface area contributed by atoms with Gasteiger partial charge < -0.3 is 21.3 Å². The summed E-state index contributed by atoms with van der Waals surface area (Å²) in [4.78, 5) is 26.8. The van der Waals surface area contributed by atoms with Crippen molar-refractivity contribution in [1.29, 1.82) is 0 Å². The van der Waals surface area contributed by atoms with E-state index in [1.54, 1.807) is 0 Å². The highest BCUT2D eigenvalue weighted by Crippen LogP contribution is 2.55. The van der Waals surface area contributed by atoms with E-state index >= 15 is 0 Å². The van der Waals surface area contributed by atoms with Crippen molar-refractivity contribution in [1.82, 2.24) is 15.5 Å². The summed E-state index contributed by atoms with van der Waals surface area (Å²) in [5.41, 5.74) is 6.00. The Labute approximate surface area is 163 Å². The summed E-state index contributed by atoms with van der Waals surface area (Å²) in [5, 5.41) is 6.24. The molecule has 1 aliphatic heterocycles. The molecule has 1 heterocycles. The van der Waals surface area contributed by atoms with E-state index in [0.717, 1.165) is 62.9 Å². The van der Waals surface area contributed by atoms with E-state index in [4.69, 9.17) is 5.73 Å². The monoisotopic (exact) mass is 376 g/mol. The van der Waals surface area contributed by atoms with Crippen LogP contribution in [-0.4, -0.2) is 48.1 Å². The SMILES string of the molecule is CC(N)C1CCN(C(=O)CCNC(=O)NC23CC4CC(CC(C4)C2)C3)CC1. The molecule has 1 saturated heterocycles. The zero-order valence-corrected chi connectivity index (χ0v) is 16.7. The first-order chi connectivity index (χ1) is 12.9. The lowest BCUT2D eigenvalue weighted by molar-refractivity contribution is -0.132. The van der Waals surface area contributed by atoms with E-state index in [2.05, 4.69) is 17.6 Å². The largest absolute Gasteiger partial charge is 0.343 e. The molecular weight excluding hydrogens is 340 g/mol. The van der Waals surface area contributed by atoms with Crippen LogP contribution < -0.4 is 16.4 Å². The number of amides is 3. The summed E-state index contributed by atoms with van der Waals surface area (Å²) >= 11 is 0. The van der Waals surface area contributed by atoms with E-state index in [1.807, 2.05) is 4.90 Å². The molecule has 5 rings (SSSR count). The van der Waals surface area contributed by atoms with Gasteiger partial charge in [0, 0.05) is 37.6 Å². The Morgan fingerprint density at radius 2 is 1.63 bits per heavy atom. The molecule has 0 radical (unpaired) electrons. The lowest BCUT2D eigenvalue weighted by atomic mass is 9.53. The second kappa shape index (κ2) is 7.61. The number of hydrogen-bond donors (Lipinski definition) is 3. The summed E-state index contributed by atoms with van der Waals surface area (Å²) in [7, 11) is 0. The standard InChI is InChI=1S/C21H36N4O2/c1-14(22)18-3-6-25(7-4-18)19(26)2-5-23-20(27)24-21-11-15-8-16(12-21)10-17(9-15)13-21/h14-18H,2-13,22H2,1H3,(H2,23,24,27). The molecule has 6 nitrogen and oxygen atoms in total. The maximum Gasteiger partial charge on any atom is 0.315 e. The first-order valence-corrected chi connectivity index (χ1v) is 11.0. The summed E-state index contributed by atoms with van der Waals surface area (Å²) in [6, 6.07) is 0.123. The van der Waals surface area contributed by atoms with Gasteiger partial charge in [-0.25, -0.2) is 4.79 Å². The molecule has 4 bridgehead atoms. The van der Waals surface area contributed by atoms with Gasteiger partial charge >= 0.3 is 6.03 Å². The van der Waals surface area contributed by atoms with Crippen molar-refractivity contribution in [2.24, 2.45) is 29.4 Å². The lowest BCUT2D eigenvalue weighted by Gasteiger charge is -2.56. The van der Waals surface area contributed by atoms with Crippen molar-refractivity contribution in [3.05, 3.63) is 0 Å². The quantitative estimate of drug-likeness (QED) is 0.687. The van der Waals surface area contributed by atoms with Gasteiger partial charge in [-0.3, -0.25) is 4.79 Å².